The first kappa shape index (κ1) is 28.0. The van der Waals surface area contributed by atoms with Crippen LogP contribution in [-0.4, -0.2) is 55.1 Å². The predicted molar refractivity (Wildman–Crippen MR) is 152 cm³/mol. The topological polar surface area (TPSA) is 120 Å². The highest BCUT2D eigenvalue weighted by atomic mass is 16.5. The van der Waals surface area contributed by atoms with Crippen molar-refractivity contribution in [2.75, 3.05) is 43.6 Å². The average Bonchev–Trinajstić information content (AvgIpc) is 2.94. The van der Waals surface area contributed by atoms with Gasteiger partial charge >= 0.3 is 0 Å². The number of carbonyl (C=O) groups is 2. The number of carbonyl (C=O) groups excluding carboxylic acids is 2. The number of nitrogens with one attached hydrogen (secondary N) is 1. The van der Waals surface area contributed by atoms with Crippen molar-refractivity contribution >= 4 is 29.0 Å². The molecule has 9 heteroatoms. The maximum Gasteiger partial charge on any atom is 0.271 e. The SMILES string of the molecule is COCCOc1ccc(Nc2nc(N3CCC[C@@H](CC(=O)C[C@H](C)c4ccccc4)C3)cnc2C(N)=O)cc1. The minimum absolute atomic E-state index is 0.0674. The number of amides is 1. The van der Waals surface area contributed by atoms with Crippen LogP contribution in [0.1, 0.15) is 54.6 Å². The van der Waals surface area contributed by atoms with Crippen LogP contribution < -0.4 is 20.7 Å². The third kappa shape index (κ3) is 8.00. The van der Waals surface area contributed by atoms with E-state index in [-0.39, 0.29) is 23.3 Å². The van der Waals surface area contributed by atoms with Crippen molar-refractivity contribution in [2.24, 2.45) is 11.7 Å². The number of rotatable bonds is 13. The number of hydrogen-bond donors (Lipinski definition) is 2. The first-order chi connectivity index (χ1) is 18.9. The number of methoxy groups -OCH3 is 1. The summed E-state index contributed by atoms with van der Waals surface area (Å²) in [5.74, 6) is 1.72. The van der Waals surface area contributed by atoms with Crippen LogP contribution in [0.5, 0.6) is 5.75 Å². The number of nitrogens with zero attached hydrogens (tertiary/aromatic N) is 3. The van der Waals surface area contributed by atoms with Crippen molar-refractivity contribution in [3.8, 4) is 5.75 Å². The number of benzene rings is 2. The van der Waals surface area contributed by atoms with Crippen molar-refractivity contribution in [1.29, 1.82) is 0 Å². The maximum atomic E-state index is 12.9. The number of nitrogens with two attached hydrogens (primary N) is 1. The minimum atomic E-state index is -0.661. The quantitative estimate of drug-likeness (QED) is 0.304. The first-order valence-electron chi connectivity index (χ1n) is 13.4. The van der Waals surface area contributed by atoms with E-state index in [2.05, 4.69) is 34.3 Å². The van der Waals surface area contributed by atoms with E-state index in [0.717, 1.165) is 25.1 Å². The van der Waals surface area contributed by atoms with Crippen LogP contribution in [0.4, 0.5) is 17.3 Å². The molecule has 4 rings (SSSR count). The zero-order valence-corrected chi connectivity index (χ0v) is 22.6. The minimum Gasteiger partial charge on any atom is -0.491 e. The number of ether oxygens (including phenoxy) is 2. The van der Waals surface area contributed by atoms with Crippen LogP contribution in [0.25, 0.3) is 0 Å². The molecule has 1 aromatic heterocycles. The molecule has 0 aliphatic carbocycles. The van der Waals surface area contributed by atoms with Crippen LogP contribution in [0.3, 0.4) is 0 Å². The highest BCUT2D eigenvalue weighted by molar-refractivity contribution is 5.96. The summed E-state index contributed by atoms with van der Waals surface area (Å²) in [6.07, 6.45) is 4.62. The third-order valence-corrected chi connectivity index (χ3v) is 6.93. The Morgan fingerprint density at radius 1 is 1.13 bits per heavy atom. The summed E-state index contributed by atoms with van der Waals surface area (Å²) in [5.41, 5.74) is 7.56. The number of Topliss-reactive ketones (excluding diaryl/α,β-unsaturated/α-hetero) is 1. The lowest BCUT2D eigenvalue weighted by Crippen LogP contribution is -2.37. The number of aromatic nitrogens is 2. The molecule has 1 aliphatic heterocycles. The Morgan fingerprint density at radius 2 is 1.90 bits per heavy atom. The number of hydrogen-bond acceptors (Lipinski definition) is 8. The van der Waals surface area contributed by atoms with E-state index in [1.165, 1.54) is 5.56 Å². The number of anilines is 3. The molecule has 206 valence electrons. The molecule has 1 amide bonds. The molecule has 0 spiro atoms. The van der Waals surface area contributed by atoms with E-state index in [4.69, 9.17) is 20.2 Å². The van der Waals surface area contributed by atoms with Gasteiger partial charge in [0.1, 0.15) is 24.0 Å². The molecule has 2 aromatic carbocycles. The largest absolute Gasteiger partial charge is 0.491 e. The second-order valence-corrected chi connectivity index (χ2v) is 9.99. The zero-order chi connectivity index (χ0) is 27.6. The Balaban J connectivity index is 1.40. The van der Waals surface area contributed by atoms with E-state index in [1.807, 2.05) is 42.5 Å². The molecular formula is C30H37N5O4. The standard InChI is InChI=1S/C30H37N5O4/c1-21(23-8-4-3-5-9-23)17-25(36)18-22-7-6-14-35(20-22)27-19-32-28(29(31)37)30(34-27)33-24-10-12-26(13-11-24)39-16-15-38-2/h3-5,8-13,19,21-22H,6-7,14-18,20H2,1-2H3,(H2,31,37)(H,33,34)/t21-,22-/m0/s1. The second-order valence-electron chi connectivity index (χ2n) is 9.99. The fourth-order valence-corrected chi connectivity index (χ4v) is 4.90. The molecule has 1 saturated heterocycles. The summed E-state index contributed by atoms with van der Waals surface area (Å²) in [6, 6.07) is 17.5. The van der Waals surface area contributed by atoms with Crippen molar-refractivity contribution < 1.29 is 19.1 Å². The fraction of sp³-hybridized carbons (Fsp3) is 0.400. The Labute approximate surface area is 229 Å². The molecule has 2 atom stereocenters. The van der Waals surface area contributed by atoms with Crippen molar-refractivity contribution in [3.63, 3.8) is 0 Å². The molecule has 3 aromatic rings. The molecule has 1 fully saturated rings. The van der Waals surface area contributed by atoms with Gasteiger partial charge in [0.05, 0.1) is 12.8 Å². The van der Waals surface area contributed by atoms with Gasteiger partial charge in [-0.3, -0.25) is 9.59 Å². The van der Waals surface area contributed by atoms with E-state index >= 15 is 0 Å². The van der Waals surface area contributed by atoms with E-state index in [0.29, 0.717) is 50.0 Å². The van der Waals surface area contributed by atoms with Gasteiger partial charge in [0, 0.05) is 38.7 Å². The molecule has 0 unspecified atom stereocenters. The van der Waals surface area contributed by atoms with Gasteiger partial charge < -0.3 is 25.4 Å². The third-order valence-electron chi connectivity index (χ3n) is 6.93. The molecule has 2 heterocycles. The number of primary amides is 1. The van der Waals surface area contributed by atoms with Crippen LogP contribution in [-0.2, 0) is 9.53 Å². The second kappa shape index (κ2) is 13.7. The molecule has 0 bridgehead atoms. The van der Waals surface area contributed by atoms with Gasteiger partial charge in [-0.25, -0.2) is 9.97 Å². The first-order valence-corrected chi connectivity index (χ1v) is 13.4. The lowest BCUT2D eigenvalue weighted by Gasteiger charge is -2.33. The van der Waals surface area contributed by atoms with Crippen LogP contribution >= 0.6 is 0 Å². The Bertz CT molecular complexity index is 1240. The van der Waals surface area contributed by atoms with Crippen LogP contribution in [0, 0.1) is 5.92 Å². The monoisotopic (exact) mass is 531 g/mol. The Kier molecular flexibility index (Phi) is 9.85. The molecule has 9 nitrogen and oxygen atoms in total. The van der Waals surface area contributed by atoms with Crippen molar-refractivity contribution in [2.45, 2.75) is 38.5 Å². The predicted octanol–water partition coefficient (Wildman–Crippen LogP) is 4.71. The molecular weight excluding hydrogens is 494 g/mol. The summed E-state index contributed by atoms with van der Waals surface area (Å²) >= 11 is 0. The number of ketones is 1. The lowest BCUT2D eigenvalue weighted by molar-refractivity contribution is -0.120. The molecule has 39 heavy (non-hydrogen) atoms. The Hall–Kier alpha value is -3.98. The van der Waals surface area contributed by atoms with Crippen molar-refractivity contribution in [1.82, 2.24) is 9.97 Å². The van der Waals surface area contributed by atoms with Gasteiger partial charge in [-0.2, -0.15) is 0 Å². The van der Waals surface area contributed by atoms with Gasteiger partial charge in [-0.05, 0) is 54.5 Å². The van der Waals surface area contributed by atoms with Gasteiger partial charge in [-0.15, -0.1) is 0 Å². The van der Waals surface area contributed by atoms with E-state index in [1.54, 1.807) is 13.3 Å². The van der Waals surface area contributed by atoms with Gasteiger partial charge in [0.2, 0.25) is 0 Å². The smallest absolute Gasteiger partial charge is 0.271 e. The van der Waals surface area contributed by atoms with Gasteiger partial charge in [0.15, 0.2) is 11.5 Å². The average molecular weight is 532 g/mol. The highest BCUT2D eigenvalue weighted by Crippen LogP contribution is 2.28. The molecule has 3 N–H and O–H groups in total. The number of piperidine rings is 1. The van der Waals surface area contributed by atoms with E-state index < -0.39 is 5.91 Å². The summed E-state index contributed by atoms with van der Waals surface area (Å²) in [4.78, 5) is 36.1. The molecule has 0 radical (unpaired) electrons. The lowest BCUT2D eigenvalue weighted by atomic mass is 9.88. The molecule has 1 aliphatic rings. The Morgan fingerprint density at radius 3 is 2.62 bits per heavy atom. The van der Waals surface area contributed by atoms with Gasteiger partial charge in [0.25, 0.3) is 5.91 Å². The summed E-state index contributed by atoms with van der Waals surface area (Å²) in [6.45, 7) is 4.58. The van der Waals surface area contributed by atoms with Gasteiger partial charge in [-0.1, -0.05) is 37.3 Å². The maximum absolute atomic E-state index is 12.9. The van der Waals surface area contributed by atoms with Crippen LogP contribution in [0.2, 0.25) is 0 Å². The summed E-state index contributed by atoms with van der Waals surface area (Å²) in [7, 11) is 1.62. The summed E-state index contributed by atoms with van der Waals surface area (Å²) < 4.78 is 10.6. The molecule has 0 saturated carbocycles. The summed E-state index contributed by atoms with van der Waals surface area (Å²) in [5, 5.41) is 3.17. The highest BCUT2D eigenvalue weighted by Gasteiger charge is 2.25. The van der Waals surface area contributed by atoms with Crippen LogP contribution in [0.15, 0.2) is 60.8 Å². The fourth-order valence-electron chi connectivity index (χ4n) is 4.90. The van der Waals surface area contributed by atoms with E-state index in [9.17, 15) is 9.59 Å². The zero-order valence-electron chi connectivity index (χ0n) is 22.6. The normalized spacial score (nSPS) is 15.9. The van der Waals surface area contributed by atoms with Crippen molar-refractivity contribution in [3.05, 3.63) is 72.1 Å².